The van der Waals surface area contributed by atoms with Gasteiger partial charge in [-0.05, 0) is 0 Å². The number of nitrogens with zero attached hydrogens (tertiary/aromatic N) is 1. The Balaban J connectivity index is 1.98. The van der Waals surface area contributed by atoms with Gasteiger partial charge in [0.2, 0.25) is 0 Å². The minimum atomic E-state index is -0.725. The smallest absolute Gasteiger partial charge is 0.307 e. The van der Waals surface area contributed by atoms with Crippen LogP contribution in [-0.2, 0) is 4.79 Å². The van der Waals surface area contributed by atoms with Crippen molar-refractivity contribution in [1.82, 2.24) is 10.2 Å². The molecule has 0 aliphatic carbocycles. The molecule has 0 aromatic rings. The Morgan fingerprint density at radius 2 is 2.20 bits per heavy atom. The lowest BCUT2D eigenvalue weighted by Crippen LogP contribution is -2.39. The molecule has 1 aliphatic heterocycles. The highest BCUT2D eigenvalue weighted by molar-refractivity contribution is 7.99. The highest BCUT2D eigenvalue weighted by Gasteiger charge is 2.11. The number of rotatable bonds is 6. The molecule has 1 unspecified atom stereocenters. The summed E-state index contributed by atoms with van der Waals surface area (Å²) in [5, 5.41) is 11.9. The Morgan fingerprint density at radius 3 is 2.80 bits per heavy atom. The number of carboxylic acids is 1. The lowest BCUT2D eigenvalue weighted by Gasteiger charge is -2.26. The maximum atomic E-state index is 10.5. The van der Waals surface area contributed by atoms with Crippen molar-refractivity contribution < 1.29 is 9.90 Å². The van der Waals surface area contributed by atoms with E-state index < -0.39 is 5.97 Å². The minimum absolute atomic E-state index is 0.290. The van der Waals surface area contributed by atoms with E-state index in [1.54, 1.807) is 6.92 Å². The van der Waals surface area contributed by atoms with E-state index in [1.165, 1.54) is 24.6 Å². The Bertz CT molecular complexity index is 196. The van der Waals surface area contributed by atoms with Gasteiger partial charge >= 0.3 is 5.97 Å². The average Bonchev–Trinajstić information content (AvgIpc) is 2.25. The van der Waals surface area contributed by atoms with E-state index in [9.17, 15) is 4.79 Å². The maximum Gasteiger partial charge on any atom is 0.307 e. The van der Waals surface area contributed by atoms with Gasteiger partial charge in [0.05, 0.1) is 5.92 Å². The third-order valence-corrected chi connectivity index (χ3v) is 3.52. The summed E-state index contributed by atoms with van der Waals surface area (Å²) < 4.78 is 0. The molecule has 5 heteroatoms. The third-order valence-electron chi connectivity index (χ3n) is 2.58. The van der Waals surface area contributed by atoms with E-state index in [0.29, 0.717) is 6.54 Å². The van der Waals surface area contributed by atoms with Crippen LogP contribution in [0.1, 0.15) is 6.92 Å². The van der Waals surface area contributed by atoms with Gasteiger partial charge in [0.25, 0.3) is 0 Å². The van der Waals surface area contributed by atoms with Gasteiger partial charge in [0, 0.05) is 44.2 Å². The predicted octanol–water partition coefficient (Wildman–Crippen LogP) is 0.346. The standard InChI is InChI=1S/C10H20N2O2S/c1-9(10(13)14)8-11-2-3-12-4-6-15-7-5-12/h9,11H,2-8H2,1H3,(H,13,14). The molecule has 88 valence electrons. The van der Waals surface area contributed by atoms with Gasteiger partial charge in [-0.25, -0.2) is 0 Å². The second kappa shape index (κ2) is 7.09. The van der Waals surface area contributed by atoms with Crippen LogP contribution in [0.5, 0.6) is 0 Å². The fourth-order valence-electron chi connectivity index (χ4n) is 1.47. The Hall–Kier alpha value is -0.260. The quantitative estimate of drug-likeness (QED) is 0.647. The van der Waals surface area contributed by atoms with Gasteiger partial charge in [-0.3, -0.25) is 4.79 Å². The Morgan fingerprint density at radius 1 is 1.53 bits per heavy atom. The molecule has 0 bridgehead atoms. The number of nitrogens with one attached hydrogen (secondary N) is 1. The molecule has 4 nitrogen and oxygen atoms in total. The Labute approximate surface area is 95.4 Å². The molecule has 1 heterocycles. The zero-order valence-corrected chi connectivity index (χ0v) is 10.1. The molecule has 0 radical (unpaired) electrons. The van der Waals surface area contributed by atoms with Crippen molar-refractivity contribution in [3.8, 4) is 0 Å². The molecule has 0 spiro atoms. The van der Waals surface area contributed by atoms with Gasteiger partial charge in [0.15, 0.2) is 0 Å². The molecule has 0 aromatic carbocycles. The van der Waals surface area contributed by atoms with E-state index >= 15 is 0 Å². The molecule has 0 amide bonds. The van der Waals surface area contributed by atoms with E-state index in [2.05, 4.69) is 10.2 Å². The number of thioether (sulfide) groups is 1. The minimum Gasteiger partial charge on any atom is -0.481 e. The first kappa shape index (κ1) is 12.8. The van der Waals surface area contributed by atoms with Crippen LogP contribution in [0, 0.1) is 5.92 Å². The van der Waals surface area contributed by atoms with Gasteiger partial charge in [-0.1, -0.05) is 6.92 Å². The van der Waals surface area contributed by atoms with Crippen LogP contribution in [0.2, 0.25) is 0 Å². The second-order valence-electron chi connectivity index (χ2n) is 3.90. The maximum absolute atomic E-state index is 10.5. The SMILES string of the molecule is CC(CNCCN1CCSCC1)C(=O)O. The van der Waals surface area contributed by atoms with Gasteiger partial charge in [-0.15, -0.1) is 0 Å². The van der Waals surface area contributed by atoms with Crippen LogP contribution in [0.25, 0.3) is 0 Å². The fraction of sp³-hybridized carbons (Fsp3) is 0.900. The van der Waals surface area contributed by atoms with Crippen LogP contribution in [0.4, 0.5) is 0 Å². The topological polar surface area (TPSA) is 52.6 Å². The summed E-state index contributed by atoms with van der Waals surface area (Å²) in [6, 6.07) is 0. The summed E-state index contributed by atoms with van der Waals surface area (Å²) in [6.07, 6.45) is 0. The van der Waals surface area contributed by atoms with Crippen LogP contribution in [-0.4, -0.2) is 60.2 Å². The molecule has 1 aliphatic rings. The molecule has 15 heavy (non-hydrogen) atoms. The van der Waals surface area contributed by atoms with Gasteiger partial charge < -0.3 is 15.3 Å². The normalized spacial score (nSPS) is 20.1. The van der Waals surface area contributed by atoms with Crippen molar-refractivity contribution in [2.45, 2.75) is 6.92 Å². The van der Waals surface area contributed by atoms with Crippen molar-refractivity contribution in [3.63, 3.8) is 0 Å². The van der Waals surface area contributed by atoms with Crippen LogP contribution in [0.3, 0.4) is 0 Å². The molecule has 1 fully saturated rings. The van der Waals surface area contributed by atoms with Crippen molar-refractivity contribution in [3.05, 3.63) is 0 Å². The number of aliphatic carboxylic acids is 1. The highest BCUT2D eigenvalue weighted by Crippen LogP contribution is 2.07. The average molecular weight is 232 g/mol. The molecule has 2 N–H and O–H groups in total. The van der Waals surface area contributed by atoms with Crippen molar-refractivity contribution in [1.29, 1.82) is 0 Å². The summed E-state index contributed by atoms with van der Waals surface area (Å²) in [4.78, 5) is 13.0. The van der Waals surface area contributed by atoms with E-state index in [0.717, 1.165) is 13.1 Å². The monoisotopic (exact) mass is 232 g/mol. The Kier molecular flexibility index (Phi) is 6.05. The largest absolute Gasteiger partial charge is 0.481 e. The fourth-order valence-corrected chi connectivity index (χ4v) is 2.45. The molecule has 1 saturated heterocycles. The molecule has 0 aromatic heterocycles. The highest BCUT2D eigenvalue weighted by atomic mass is 32.2. The molecule has 1 rings (SSSR count). The second-order valence-corrected chi connectivity index (χ2v) is 5.12. The summed E-state index contributed by atoms with van der Waals surface area (Å²) in [7, 11) is 0. The first-order valence-corrected chi connectivity index (χ1v) is 6.59. The van der Waals surface area contributed by atoms with Crippen molar-refractivity contribution in [2.75, 3.05) is 44.2 Å². The number of hydrogen-bond acceptors (Lipinski definition) is 4. The lowest BCUT2D eigenvalue weighted by molar-refractivity contribution is -0.140. The first-order valence-electron chi connectivity index (χ1n) is 5.44. The predicted molar refractivity (Wildman–Crippen MR) is 63.4 cm³/mol. The first-order chi connectivity index (χ1) is 7.20. The third kappa shape index (κ3) is 5.39. The molecule has 0 saturated carbocycles. The van der Waals surface area contributed by atoms with E-state index in [4.69, 9.17) is 5.11 Å². The van der Waals surface area contributed by atoms with Gasteiger partial charge in [0.1, 0.15) is 0 Å². The zero-order valence-electron chi connectivity index (χ0n) is 9.24. The molecular weight excluding hydrogens is 212 g/mol. The van der Waals surface area contributed by atoms with Gasteiger partial charge in [-0.2, -0.15) is 11.8 Å². The number of carboxylic acid groups (broad SMARTS) is 1. The lowest BCUT2D eigenvalue weighted by atomic mass is 10.2. The summed E-state index contributed by atoms with van der Waals surface area (Å²) >= 11 is 2.01. The summed E-state index contributed by atoms with van der Waals surface area (Å²) in [5.74, 6) is 1.44. The van der Waals surface area contributed by atoms with Crippen molar-refractivity contribution >= 4 is 17.7 Å². The number of carbonyl (C=O) groups is 1. The summed E-state index contributed by atoms with van der Waals surface area (Å²) in [5.41, 5.74) is 0. The number of hydrogen-bond donors (Lipinski definition) is 2. The van der Waals surface area contributed by atoms with Crippen LogP contribution in [0.15, 0.2) is 0 Å². The zero-order chi connectivity index (χ0) is 11.1. The van der Waals surface area contributed by atoms with Crippen LogP contribution >= 0.6 is 11.8 Å². The summed E-state index contributed by atoms with van der Waals surface area (Å²) in [6.45, 7) is 6.56. The molecule has 1 atom stereocenters. The van der Waals surface area contributed by atoms with Crippen molar-refractivity contribution in [2.24, 2.45) is 5.92 Å². The molecular formula is C10H20N2O2S. The van der Waals surface area contributed by atoms with E-state index in [-0.39, 0.29) is 5.92 Å². The van der Waals surface area contributed by atoms with Crippen LogP contribution < -0.4 is 5.32 Å². The van der Waals surface area contributed by atoms with E-state index in [1.807, 2.05) is 11.8 Å².